The lowest BCUT2D eigenvalue weighted by Gasteiger charge is -2.17. The second kappa shape index (κ2) is 4.01. The van der Waals surface area contributed by atoms with Crippen molar-refractivity contribution in [1.29, 1.82) is 5.26 Å². The fourth-order valence-electron chi connectivity index (χ4n) is 1.08. The minimum absolute atomic E-state index is 0.334. The van der Waals surface area contributed by atoms with Crippen molar-refractivity contribution in [3.63, 3.8) is 0 Å². The SMILES string of the molecule is CC(C)(C#N)NC(=O)c1ccccc1N. The van der Waals surface area contributed by atoms with Gasteiger partial charge in [-0.1, -0.05) is 12.1 Å². The first kappa shape index (κ1) is 11.1. The first-order valence-electron chi connectivity index (χ1n) is 4.54. The molecular formula is C11H13N3O. The van der Waals surface area contributed by atoms with Crippen LogP contribution in [0.2, 0.25) is 0 Å². The molecule has 4 nitrogen and oxygen atoms in total. The van der Waals surface area contributed by atoms with Crippen LogP contribution in [0.15, 0.2) is 24.3 Å². The molecule has 0 heterocycles. The number of hydrogen-bond donors (Lipinski definition) is 2. The molecule has 3 N–H and O–H groups in total. The highest BCUT2D eigenvalue weighted by Gasteiger charge is 2.20. The van der Waals surface area contributed by atoms with Gasteiger partial charge in [0.1, 0.15) is 5.54 Å². The zero-order chi connectivity index (χ0) is 11.5. The van der Waals surface area contributed by atoms with Crippen molar-refractivity contribution in [2.75, 3.05) is 5.73 Å². The molecule has 1 aromatic rings. The summed E-state index contributed by atoms with van der Waals surface area (Å²) in [7, 11) is 0. The first-order chi connectivity index (χ1) is 6.96. The van der Waals surface area contributed by atoms with Crippen LogP contribution in [0.1, 0.15) is 24.2 Å². The molecule has 0 bridgehead atoms. The summed E-state index contributed by atoms with van der Waals surface area (Å²) in [5, 5.41) is 11.3. The van der Waals surface area contributed by atoms with Gasteiger partial charge in [0, 0.05) is 5.69 Å². The number of carbonyl (C=O) groups is 1. The molecule has 0 aliphatic heterocycles. The van der Waals surface area contributed by atoms with Gasteiger partial charge in [0.05, 0.1) is 11.6 Å². The van der Waals surface area contributed by atoms with Crippen LogP contribution >= 0.6 is 0 Å². The molecule has 0 saturated heterocycles. The third-order valence-corrected chi connectivity index (χ3v) is 1.91. The quantitative estimate of drug-likeness (QED) is 0.711. The molecular weight excluding hydrogens is 190 g/mol. The van der Waals surface area contributed by atoms with Crippen LogP contribution in [-0.2, 0) is 0 Å². The lowest BCUT2D eigenvalue weighted by molar-refractivity contribution is 0.0930. The highest BCUT2D eigenvalue weighted by Crippen LogP contribution is 2.11. The van der Waals surface area contributed by atoms with Crippen molar-refractivity contribution in [2.24, 2.45) is 0 Å². The van der Waals surface area contributed by atoms with Crippen molar-refractivity contribution in [3.8, 4) is 6.07 Å². The summed E-state index contributed by atoms with van der Waals surface area (Å²) in [5.41, 5.74) is 5.54. The minimum Gasteiger partial charge on any atom is -0.398 e. The number of nitrogen functional groups attached to an aromatic ring is 1. The maximum Gasteiger partial charge on any atom is 0.254 e. The standard InChI is InChI=1S/C11H13N3O/c1-11(2,7-12)14-10(15)8-5-3-4-6-9(8)13/h3-6H,13H2,1-2H3,(H,14,15). The molecule has 0 saturated carbocycles. The number of carbonyl (C=O) groups excluding carboxylic acids is 1. The predicted octanol–water partition coefficient (Wildman–Crippen LogP) is 1.30. The summed E-state index contributed by atoms with van der Waals surface area (Å²) in [6.45, 7) is 3.26. The summed E-state index contributed by atoms with van der Waals surface area (Å²) in [6.07, 6.45) is 0. The van der Waals surface area contributed by atoms with Gasteiger partial charge < -0.3 is 11.1 Å². The van der Waals surface area contributed by atoms with E-state index in [0.717, 1.165) is 0 Å². The van der Waals surface area contributed by atoms with E-state index in [1.54, 1.807) is 38.1 Å². The summed E-state index contributed by atoms with van der Waals surface area (Å²) < 4.78 is 0. The Labute approximate surface area is 88.7 Å². The number of benzene rings is 1. The van der Waals surface area contributed by atoms with E-state index in [2.05, 4.69) is 5.32 Å². The van der Waals surface area contributed by atoms with Crippen molar-refractivity contribution in [1.82, 2.24) is 5.32 Å². The van der Waals surface area contributed by atoms with Gasteiger partial charge in [0.15, 0.2) is 0 Å². The maximum atomic E-state index is 11.7. The second-order valence-electron chi connectivity index (χ2n) is 3.78. The largest absolute Gasteiger partial charge is 0.398 e. The Morgan fingerprint density at radius 2 is 2.07 bits per heavy atom. The zero-order valence-electron chi connectivity index (χ0n) is 8.74. The summed E-state index contributed by atoms with van der Waals surface area (Å²) >= 11 is 0. The molecule has 0 fully saturated rings. The number of anilines is 1. The predicted molar refractivity (Wildman–Crippen MR) is 58.0 cm³/mol. The minimum atomic E-state index is -0.890. The Balaban J connectivity index is 2.89. The monoisotopic (exact) mass is 203 g/mol. The Morgan fingerprint density at radius 1 is 1.47 bits per heavy atom. The van der Waals surface area contributed by atoms with Crippen LogP contribution < -0.4 is 11.1 Å². The van der Waals surface area contributed by atoms with E-state index in [1.165, 1.54) is 0 Å². The molecule has 0 spiro atoms. The van der Waals surface area contributed by atoms with Gasteiger partial charge >= 0.3 is 0 Å². The van der Waals surface area contributed by atoms with Gasteiger partial charge in [-0.3, -0.25) is 4.79 Å². The summed E-state index contributed by atoms with van der Waals surface area (Å²) in [4.78, 5) is 11.7. The number of amides is 1. The molecule has 1 rings (SSSR count). The lowest BCUT2D eigenvalue weighted by Crippen LogP contribution is -2.42. The normalized spacial score (nSPS) is 10.5. The van der Waals surface area contributed by atoms with Crippen LogP contribution in [0, 0.1) is 11.3 Å². The van der Waals surface area contributed by atoms with Crippen molar-refractivity contribution in [3.05, 3.63) is 29.8 Å². The average molecular weight is 203 g/mol. The molecule has 0 unspecified atom stereocenters. The van der Waals surface area contributed by atoms with Crippen LogP contribution in [0.5, 0.6) is 0 Å². The van der Waals surface area contributed by atoms with E-state index in [9.17, 15) is 4.79 Å². The number of para-hydroxylation sites is 1. The Hall–Kier alpha value is -2.02. The molecule has 15 heavy (non-hydrogen) atoms. The number of nitrogens with zero attached hydrogens (tertiary/aromatic N) is 1. The molecule has 0 atom stereocenters. The number of rotatable bonds is 2. The van der Waals surface area contributed by atoms with Crippen LogP contribution in [0.4, 0.5) is 5.69 Å². The topological polar surface area (TPSA) is 78.9 Å². The lowest BCUT2D eigenvalue weighted by atomic mass is 10.1. The molecule has 0 aliphatic carbocycles. The summed E-state index contributed by atoms with van der Waals surface area (Å²) in [5.74, 6) is -0.334. The van der Waals surface area contributed by atoms with Gasteiger partial charge in [-0.25, -0.2) is 0 Å². The van der Waals surface area contributed by atoms with Gasteiger partial charge in [0.25, 0.3) is 5.91 Å². The fourth-order valence-corrected chi connectivity index (χ4v) is 1.08. The van der Waals surface area contributed by atoms with E-state index < -0.39 is 5.54 Å². The molecule has 0 aliphatic rings. The van der Waals surface area contributed by atoms with Crippen molar-refractivity contribution < 1.29 is 4.79 Å². The van der Waals surface area contributed by atoms with Gasteiger partial charge in [0.2, 0.25) is 0 Å². The highest BCUT2D eigenvalue weighted by atomic mass is 16.1. The van der Waals surface area contributed by atoms with E-state index >= 15 is 0 Å². The first-order valence-corrected chi connectivity index (χ1v) is 4.54. The third-order valence-electron chi connectivity index (χ3n) is 1.91. The van der Waals surface area contributed by atoms with E-state index in [4.69, 9.17) is 11.0 Å². The van der Waals surface area contributed by atoms with E-state index in [-0.39, 0.29) is 5.91 Å². The van der Waals surface area contributed by atoms with Crippen LogP contribution in [0.3, 0.4) is 0 Å². The number of nitrogens with one attached hydrogen (secondary N) is 1. The van der Waals surface area contributed by atoms with Crippen molar-refractivity contribution in [2.45, 2.75) is 19.4 Å². The third kappa shape index (κ3) is 2.71. The van der Waals surface area contributed by atoms with E-state index in [1.807, 2.05) is 6.07 Å². The highest BCUT2D eigenvalue weighted by molar-refractivity contribution is 5.99. The Morgan fingerprint density at radius 3 is 2.60 bits per heavy atom. The summed E-state index contributed by atoms with van der Waals surface area (Å²) in [6, 6.07) is 8.74. The molecule has 0 radical (unpaired) electrons. The number of hydrogen-bond acceptors (Lipinski definition) is 3. The van der Waals surface area contributed by atoms with Gasteiger partial charge in [-0.15, -0.1) is 0 Å². The molecule has 1 aromatic carbocycles. The Bertz CT molecular complexity index is 418. The van der Waals surface area contributed by atoms with E-state index in [0.29, 0.717) is 11.3 Å². The maximum absolute atomic E-state index is 11.7. The van der Waals surface area contributed by atoms with Crippen LogP contribution in [0.25, 0.3) is 0 Å². The van der Waals surface area contributed by atoms with Gasteiger partial charge in [-0.05, 0) is 26.0 Å². The molecule has 78 valence electrons. The number of nitriles is 1. The fraction of sp³-hybridized carbons (Fsp3) is 0.273. The Kier molecular flexibility index (Phi) is 2.96. The number of nitrogens with two attached hydrogens (primary N) is 1. The van der Waals surface area contributed by atoms with Gasteiger partial charge in [-0.2, -0.15) is 5.26 Å². The smallest absolute Gasteiger partial charge is 0.254 e. The average Bonchev–Trinajstić information content (AvgIpc) is 2.17. The molecule has 0 aromatic heterocycles. The zero-order valence-corrected chi connectivity index (χ0v) is 8.74. The molecule has 1 amide bonds. The second-order valence-corrected chi connectivity index (χ2v) is 3.78. The molecule has 4 heteroatoms. The van der Waals surface area contributed by atoms with Crippen LogP contribution in [-0.4, -0.2) is 11.4 Å². The van der Waals surface area contributed by atoms with Crippen molar-refractivity contribution >= 4 is 11.6 Å².